The van der Waals surface area contributed by atoms with Crippen LogP contribution in [0.15, 0.2) is 42.9 Å². The second kappa shape index (κ2) is 9.07. The third kappa shape index (κ3) is 4.12. The highest BCUT2D eigenvalue weighted by Crippen LogP contribution is 2.42. The summed E-state index contributed by atoms with van der Waals surface area (Å²) in [5, 5.41) is 18.5. The lowest BCUT2D eigenvalue weighted by Gasteiger charge is -2.37. The van der Waals surface area contributed by atoms with E-state index < -0.39 is 0 Å². The van der Waals surface area contributed by atoms with Crippen molar-refractivity contribution in [2.24, 2.45) is 0 Å². The van der Waals surface area contributed by atoms with Crippen molar-refractivity contribution in [1.82, 2.24) is 25.1 Å². The number of nitrogens with one attached hydrogen (secondary N) is 1. The molecule has 1 aliphatic carbocycles. The minimum absolute atomic E-state index is 0.281. The Balaban J connectivity index is 1.43. The zero-order valence-corrected chi connectivity index (χ0v) is 18.3. The van der Waals surface area contributed by atoms with Gasteiger partial charge in [-0.2, -0.15) is 5.10 Å². The molecular formula is C24H28ClN5O. The monoisotopic (exact) mass is 437 g/mol. The van der Waals surface area contributed by atoms with Crippen LogP contribution in [-0.2, 0) is 0 Å². The van der Waals surface area contributed by atoms with Crippen molar-refractivity contribution in [3.63, 3.8) is 0 Å². The molecule has 7 heteroatoms. The number of halogens is 1. The maximum atomic E-state index is 9.71. The van der Waals surface area contributed by atoms with Gasteiger partial charge in [-0.15, -0.1) is 0 Å². The summed E-state index contributed by atoms with van der Waals surface area (Å²) in [6.45, 7) is 1.40. The number of aromatic amines is 1. The lowest BCUT2D eigenvalue weighted by Crippen LogP contribution is -2.42. The molecule has 2 aromatic heterocycles. The van der Waals surface area contributed by atoms with Crippen LogP contribution in [0.25, 0.3) is 22.5 Å². The lowest BCUT2D eigenvalue weighted by molar-refractivity contribution is 0.0942. The molecule has 0 radical (unpaired) electrons. The van der Waals surface area contributed by atoms with Crippen LogP contribution in [0.2, 0.25) is 5.02 Å². The van der Waals surface area contributed by atoms with E-state index in [-0.39, 0.29) is 6.61 Å². The molecule has 1 aliphatic heterocycles. The lowest BCUT2D eigenvalue weighted by atomic mass is 9.81. The molecule has 1 aromatic carbocycles. The molecular weight excluding hydrogens is 410 g/mol. The summed E-state index contributed by atoms with van der Waals surface area (Å²) in [7, 11) is 0. The Kier molecular flexibility index (Phi) is 6.03. The quantitative estimate of drug-likeness (QED) is 0.606. The van der Waals surface area contributed by atoms with Gasteiger partial charge in [0.05, 0.1) is 12.3 Å². The Morgan fingerprint density at radius 2 is 1.87 bits per heavy atom. The number of rotatable bonds is 5. The van der Waals surface area contributed by atoms with E-state index in [1.165, 1.54) is 12.1 Å². The number of aliphatic hydroxyl groups is 1. The Hall–Kier alpha value is -2.28. The summed E-state index contributed by atoms with van der Waals surface area (Å²) in [5.41, 5.74) is 5.07. The predicted octanol–water partition coefficient (Wildman–Crippen LogP) is 4.67. The van der Waals surface area contributed by atoms with Crippen LogP contribution in [-0.4, -0.2) is 55.4 Å². The van der Waals surface area contributed by atoms with Gasteiger partial charge in [-0.3, -0.25) is 10.00 Å². The van der Waals surface area contributed by atoms with Crippen LogP contribution in [0.5, 0.6) is 0 Å². The molecule has 162 valence electrons. The fourth-order valence-corrected chi connectivity index (χ4v) is 5.52. The molecule has 5 rings (SSSR count). The van der Waals surface area contributed by atoms with Crippen LogP contribution >= 0.6 is 11.6 Å². The van der Waals surface area contributed by atoms with Gasteiger partial charge >= 0.3 is 0 Å². The molecule has 1 atom stereocenters. The number of hydrogen-bond donors (Lipinski definition) is 2. The topological polar surface area (TPSA) is 77.9 Å². The Labute approximate surface area is 187 Å². The molecule has 1 saturated heterocycles. The fourth-order valence-electron chi connectivity index (χ4n) is 5.40. The number of likely N-dealkylation sites (tertiary alicyclic amines) is 1. The van der Waals surface area contributed by atoms with E-state index in [0.717, 1.165) is 61.2 Å². The average molecular weight is 438 g/mol. The van der Waals surface area contributed by atoms with Gasteiger partial charge < -0.3 is 5.11 Å². The van der Waals surface area contributed by atoms with E-state index in [0.29, 0.717) is 23.0 Å². The highest BCUT2D eigenvalue weighted by atomic mass is 35.5. The van der Waals surface area contributed by atoms with E-state index in [4.69, 9.17) is 16.7 Å². The number of nitrogens with zero attached hydrogens (tertiary/aromatic N) is 4. The summed E-state index contributed by atoms with van der Waals surface area (Å²) < 4.78 is 0. The molecule has 3 heterocycles. The number of benzene rings is 1. The number of H-pyrrole nitrogens is 1. The highest BCUT2D eigenvalue weighted by Gasteiger charge is 2.34. The van der Waals surface area contributed by atoms with Gasteiger partial charge in [-0.05, 0) is 63.3 Å². The first-order valence-corrected chi connectivity index (χ1v) is 11.6. The first-order valence-electron chi connectivity index (χ1n) is 11.2. The van der Waals surface area contributed by atoms with E-state index in [2.05, 4.69) is 20.0 Å². The standard InChI is InChI=1S/C24H28ClN5O/c25-18-7-3-16(4-8-18)23-22(21-11-12-26-15-27-21)24(29-28-23)17-5-9-19(10-6-17)30-13-1-2-20(30)14-31/h3-4,7-8,11-12,15,17,19-20,31H,1-2,5-6,9-10,13-14H2,(H,28,29). The Morgan fingerprint density at radius 3 is 2.58 bits per heavy atom. The van der Waals surface area contributed by atoms with Crippen LogP contribution < -0.4 is 0 Å². The number of hydrogen-bond acceptors (Lipinski definition) is 5. The summed E-state index contributed by atoms with van der Waals surface area (Å²) in [6.07, 6.45) is 10.2. The molecule has 0 bridgehead atoms. The zero-order chi connectivity index (χ0) is 21.2. The van der Waals surface area contributed by atoms with Gasteiger partial charge in [0.2, 0.25) is 0 Å². The second-order valence-corrected chi connectivity index (χ2v) is 9.12. The molecule has 6 nitrogen and oxygen atoms in total. The Morgan fingerprint density at radius 1 is 1.06 bits per heavy atom. The van der Waals surface area contributed by atoms with E-state index in [1.54, 1.807) is 12.5 Å². The summed E-state index contributed by atoms with van der Waals surface area (Å²) >= 11 is 6.10. The summed E-state index contributed by atoms with van der Waals surface area (Å²) in [6, 6.07) is 10.7. The molecule has 1 unspecified atom stereocenters. The zero-order valence-electron chi connectivity index (χ0n) is 17.5. The minimum atomic E-state index is 0.281. The largest absolute Gasteiger partial charge is 0.395 e. The predicted molar refractivity (Wildman–Crippen MR) is 122 cm³/mol. The van der Waals surface area contributed by atoms with Crippen molar-refractivity contribution >= 4 is 11.6 Å². The van der Waals surface area contributed by atoms with Gasteiger partial charge in [0.1, 0.15) is 12.0 Å². The number of aromatic nitrogens is 4. The molecule has 0 amide bonds. The second-order valence-electron chi connectivity index (χ2n) is 8.68. The van der Waals surface area contributed by atoms with Gasteiger partial charge in [0.15, 0.2) is 0 Å². The van der Waals surface area contributed by atoms with Crippen LogP contribution in [0.3, 0.4) is 0 Å². The van der Waals surface area contributed by atoms with Crippen molar-refractivity contribution in [1.29, 1.82) is 0 Å². The maximum Gasteiger partial charge on any atom is 0.116 e. The molecule has 2 fully saturated rings. The third-order valence-corrected chi connectivity index (χ3v) is 7.21. The highest BCUT2D eigenvalue weighted by molar-refractivity contribution is 6.30. The van der Waals surface area contributed by atoms with Gasteiger partial charge in [0.25, 0.3) is 0 Å². The third-order valence-electron chi connectivity index (χ3n) is 6.96. The molecule has 2 N–H and O–H groups in total. The first-order chi connectivity index (χ1) is 15.2. The molecule has 0 spiro atoms. The SMILES string of the molecule is OCC1CCCN1C1CCC(c2[nH]nc(-c3ccc(Cl)cc3)c2-c2ccncn2)CC1. The van der Waals surface area contributed by atoms with Crippen molar-refractivity contribution < 1.29 is 5.11 Å². The number of aliphatic hydroxyl groups excluding tert-OH is 1. The molecule has 1 saturated carbocycles. The Bertz CT molecular complexity index is 999. The maximum absolute atomic E-state index is 9.71. The smallest absolute Gasteiger partial charge is 0.116 e. The van der Waals surface area contributed by atoms with Crippen LogP contribution in [0.4, 0.5) is 0 Å². The van der Waals surface area contributed by atoms with Gasteiger partial charge in [-0.25, -0.2) is 9.97 Å². The first kappa shape index (κ1) is 20.6. The van der Waals surface area contributed by atoms with E-state index in [9.17, 15) is 5.11 Å². The van der Waals surface area contributed by atoms with E-state index >= 15 is 0 Å². The average Bonchev–Trinajstić information content (AvgIpc) is 3.48. The van der Waals surface area contributed by atoms with Crippen molar-refractivity contribution in [3.05, 3.63) is 53.6 Å². The minimum Gasteiger partial charge on any atom is -0.395 e. The normalized spacial score (nSPS) is 24.5. The van der Waals surface area contributed by atoms with Crippen LogP contribution in [0, 0.1) is 0 Å². The van der Waals surface area contributed by atoms with Gasteiger partial charge in [0, 0.05) is 46.0 Å². The summed E-state index contributed by atoms with van der Waals surface area (Å²) in [4.78, 5) is 11.2. The fraction of sp³-hybridized carbons (Fsp3) is 0.458. The van der Waals surface area contributed by atoms with Crippen molar-refractivity contribution in [3.8, 4) is 22.5 Å². The molecule has 3 aromatic rings. The molecule has 31 heavy (non-hydrogen) atoms. The van der Waals surface area contributed by atoms with Crippen LogP contribution in [0.1, 0.15) is 50.1 Å². The van der Waals surface area contributed by atoms with Gasteiger partial charge in [-0.1, -0.05) is 23.7 Å². The van der Waals surface area contributed by atoms with Crippen molar-refractivity contribution in [2.45, 2.75) is 56.5 Å². The van der Waals surface area contributed by atoms with E-state index in [1.807, 2.05) is 30.3 Å². The summed E-state index contributed by atoms with van der Waals surface area (Å²) in [5.74, 6) is 0.421. The van der Waals surface area contributed by atoms with Crippen molar-refractivity contribution in [2.75, 3.05) is 13.2 Å². The molecule has 2 aliphatic rings.